The zero-order chi connectivity index (χ0) is 24.1. The summed E-state index contributed by atoms with van der Waals surface area (Å²) in [6, 6.07) is -4.48. The Bertz CT molecular complexity index is 643. The van der Waals surface area contributed by atoms with Gasteiger partial charge in [0.1, 0.15) is 18.1 Å². The maximum absolute atomic E-state index is 12.7. The van der Waals surface area contributed by atoms with E-state index in [0.717, 1.165) is 0 Å². The normalized spacial score (nSPS) is 15.6. The van der Waals surface area contributed by atoms with Crippen LogP contribution in [0.4, 0.5) is 0 Å². The van der Waals surface area contributed by atoms with Gasteiger partial charge in [-0.1, -0.05) is 20.3 Å². The lowest BCUT2D eigenvalue weighted by atomic mass is 9.99. The largest absolute Gasteiger partial charge is 0.480 e. The molecule has 0 rings (SSSR count). The smallest absolute Gasteiger partial charge is 0.325 e. The van der Waals surface area contributed by atoms with Crippen LogP contribution >= 0.6 is 0 Å². The average Bonchev–Trinajstić information content (AvgIpc) is 2.70. The summed E-state index contributed by atoms with van der Waals surface area (Å²) in [6.07, 6.45) is 1.39. The molecular formula is C19H36N6O6. The average molecular weight is 445 g/mol. The van der Waals surface area contributed by atoms with Gasteiger partial charge in [0.2, 0.25) is 23.6 Å². The number of carbonyl (C=O) groups is 5. The van der Waals surface area contributed by atoms with Crippen LogP contribution in [-0.2, 0) is 24.0 Å². The number of aliphatic carboxylic acids is 1. The first-order valence-electron chi connectivity index (χ1n) is 10.3. The van der Waals surface area contributed by atoms with Crippen LogP contribution in [0, 0.1) is 5.92 Å². The SMILES string of the molecule is CCC(C)C(N)C(=O)NC(CC(N)=O)C(=O)NC(CCCCN)C(=O)NC(C)C(=O)O. The summed E-state index contributed by atoms with van der Waals surface area (Å²) < 4.78 is 0. The van der Waals surface area contributed by atoms with Crippen LogP contribution < -0.4 is 33.2 Å². The summed E-state index contributed by atoms with van der Waals surface area (Å²) in [5.74, 6) is -4.37. The molecule has 0 saturated heterocycles. The van der Waals surface area contributed by atoms with Crippen molar-refractivity contribution in [1.29, 1.82) is 0 Å². The number of carboxylic acids is 1. The number of carboxylic acid groups (broad SMARTS) is 1. The molecule has 0 heterocycles. The molecule has 0 aromatic heterocycles. The highest BCUT2D eigenvalue weighted by Gasteiger charge is 2.30. The van der Waals surface area contributed by atoms with Crippen LogP contribution in [0.15, 0.2) is 0 Å². The summed E-state index contributed by atoms with van der Waals surface area (Å²) in [6.45, 7) is 5.29. The van der Waals surface area contributed by atoms with E-state index < -0.39 is 60.2 Å². The maximum atomic E-state index is 12.7. The molecule has 5 unspecified atom stereocenters. The van der Waals surface area contributed by atoms with E-state index in [-0.39, 0.29) is 12.3 Å². The van der Waals surface area contributed by atoms with E-state index in [2.05, 4.69) is 16.0 Å². The van der Waals surface area contributed by atoms with Crippen molar-refractivity contribution in [3.63, 3.8) is 0 Å². The highest BCUT2D eigenvalue weighted by atomic mass is 16.4. The Morgan fingerprint density at radius 1 is 0.903 bits per heavy atom. The number of nitrogens with one attached hydrogen (secondary N) is 3. The second-order valence-corrected chi connectivity index (χ2v) is 7.56. The number of carbonyl (C=O) groups excluding carboxylic acids is 4. The Hall–Kier alpha value is -2.73. The molecule has 10 N–H and O–H groups in total. The lowest BCUT2D eigenvalue weighted by Gasteiger charge is -2.25. The summed E-state index contributed by atoms with van der Waals surface area (Å²) in [4.78, 5) is 60.0. The topological polar surface area (TPSA) is 220 Å². The molecule has 0 aliphatic rings. The molecule has 178 valence electrons. The second-order valence-electron chi connectivity index (χ2n) is 7.56. The van der Waals surface area contributed by atoms with Crippen LogP contribution in [-0.4, -0.2) is 65.4 Å². The van der Waals surface area contributed by atoms with Gasteiger partial charge in [0.05, 0.1) is 12.5 Å². The number of primary amides is 1. The van der Waals surface area contributed by atoms with Crippen molar-refractivity contribution < 1.29 is 29.1 Å². The molecule has 0 bridgehead atoms. The van der Waals surface area contributed by atoms with Crippen molar-refractivity contribution in [2.75, 3.05) is 6.54 Å². The van der Waals surface area contributed by atoms with E-state index in [1.54, 1.807) is 6.92 Å². The quantitative estimate of drug-likeness (QED) is 0.139. The summed E-state index contributed by atoms with van der Waals surface area (Å²) in [5, 5.41) is 16.1. The highest BCUT2D eigenvalue weighted by Crippen LogP contribution is 2.07. The number of amides is 4. The Kier molecular flexibility index (Phi) is 13.0. The molecule has 0 saturated carbocycles. The molecule has 0 fully saturated rings. The summed E-state index contributed by atoms with van der Waals surface area (Å²) >= 11 is 0. The van der Waals surface area contributed by atoms with Gasteiger partial charge in [0.15, 0.2) is 0 Å². The third-order valence-electron chi connectivity index (χ3n) is 4.91. The van der Waals surface area contributed by atoms with E-state index in [9.17, 15) is 24.0 Å². The number of rotatable bonds is 15. The van der Waals surface area contributed by atoms with Crippen LogP contribution in [0.2, 0.25) is 0 Å². The van der Waals surface area contributed by atoms with E-state index in [1.807, 2.05) is 6.92 Å². The molecule has 4 amide bonds. The van der Waals surface area contributed by atoms with Gasteiger partial charge >= 0.3 is 5.97 Å². The Balaban J connectivity index is 5.39. The van der Waals surface area contributed by atoms with Crippen molar-refractivity contribution in [2.24, 2.45) is 23.1 Å². The number of nitrogens with two attached hydrogens (primary N) is 3. The number of hydrogen-bond donors (Lipinski definition) is 7. The molecule has 12 nitrogen and oxygen atoms in total. The first kappa shape index (κ1) is 28.3. The Morgan fingerprint density at radius 2 is 1.45 bits per heavy atom. The minimum atomic E-state index is -1.33. The van der Waals surface area contributed by atoms with Crippen molar-refractivity contribution in [1.82, 2.24) is 16.0 Å². The third-order valence-corrected chi connectivity index (χ3v) is 4.91. The fourth-order valence-electron chi connectivity index (χ4n) is 2.60. The molecule has 0 radical (unpaired) electrons. The van der Waals surface area contributed by atoms with E-state index >= 15 is 0 Å². The summed E-state index contributed by atoms with van der Waals surface area (Å²) in [5.41, 5.74) is 16.5. The van der Waals surface area contributed by atoms with E-state index in [0.29, 0.717) is 25.8 Å². The van der Waals surface area contributed by atoms with Gasteiger partial charge in [-0.05, 0) is 38.6 Å². The monoisotopic (exact) mass is 444 g/mol. The molecule has 31 heavy (non-hydrogen) atoms. The molecule has 0 aromatic rings. The van der Waals surface area contributed by atoms with Crippen LogP contribution in [0.3, 0.4) is 0 Å². The third kappa shape index (κ3) is 10.7. The standard InChI is InChI=1S/C19H36N6O6/c1-4-10(2)15(22)18(29)25-13(9-14(21)26)17(28)24-12(7-5-6-8-20)16(27)23-11(3)19(30)31/h10-13,15H,4-9,20,22H2,1-3H3,(H2,21,26)(H,23,27)(H,24,28)(H,25,29)(H,30,31). The first-order valence-corrected chi connectivity index (χ1v) is 10.3. The highest BCUT2D eigenvalue weighted by molar-refractivity contribution is 5.96. The van der Waals surface area contributed by atoms with Gasteiger partial charge in [-0.15, -0.1) is 0 Å². The molecule has 12 heteroatoms. The minimum absolute atomic E-state index is 0.162. The molecular weight excluding hydrogens is 408 g/mol. The van der Waals surface area contributed by atoms with Crippen molar-refractivity contribution >= 4 is 29.6 Å². The van der Waals surface area contributed by atoms with E-state index in [4.69, 9.17) is 22.3 Å². The fraction of sp³-hybridized carbons (Fsp3) is 0.737. The van der Waals surface area contributed by atoms with Gasteiger partial charge in [-0.2, -0.15) is 0 Å². The molecule has 0 aliphatic heterocycles. The van der Waals surface area contributed by atoms with Crippen molar-refractivity contribution in [3.05, 3.63) is 0 Å². The summed E-state index contributed by atoms with van der Waals surface area (Å²) in [7, 11) is 0. The van der Waals surface area contributed by atoms with Gasteiger partial charge in [0, 0.05) is 0 Å². The number of hydrogen-bond acceptors (Lipinski definition) is 7. The predicted octanol–water partition coefficient (Wildman–Crippen LogP) is -2.08. The molecule has 0 aliphatic carbocycles. The second kappa shape index (κ2) is 14.3. The van der Waals surface area contributed by atoms with Gasteiger partial charge in [-0.25, -0.2) is 0 Å². The minimum Gasteiger partial charge on any atom is -0.480 e. The van der Waals surface area contributed by atoms with Crippen LogP contribution in [0.1, 0.15) is 52.9 Å². The first-order chi connectivity index (χ1) is 14.4. The van der Waals surface area contributed by atoms with Crippen LogP contribution in [0.5, 0.6) is 0 Å². The maximum Gasteiger partial charge on any atom is 0.325 e. The fourth-order valence-corrected chi connectivity index (χ4v) is 2.60. The predicted molar refractivity (Wildman–Crippen MR) is 113 cm³/mol. The Morgan fingerprint density at radius 3 is 1.94 bits per heavy atom. The van der Waals surface area contributed by atoms with Crippen molar-refractivity contribution in [3.8, 4) is 0 Å². The van der Waals surface area contributed by atoms with Gasteiger partial charge < -0.3 is 38.3 Å². The lowest BCUT2D eigenvalue weighted by Crippen LogP contribution is -2.58. The number of unbranched alkanes of at least 4 members (excludes halogenated alkanes) is 1. The zero-order valence-corrected chi connectivity index (χ0v) is 18.3. The molecule has 0 aromatic carbocycles. The molecule has 0 spiro atoms. The zero-order valence-electron chi connectivity index (χ0n) is 18.3. The lowest BCUT2D eigenvalue weighted by molar-refractivity contribution is -0.142. The molecule has 5 atom stereocenters. The van der Waals surface area contributed by atoms with Gasteiger partial charge in [-0.3, -0.25) is 24.0 Å². The van der Waals surface area contributed by atoms with Crippen molar-refractivity contribution in [2.45, 2.75) is 77.0 Å². The van der Waals surface area contributed by atoms with E-state index in [1.165, 1.54) is 6.92 Å². The Labute approximate surface area is 182 Å². The van der Waals surface area contributed by atoms with Gasteiger partial charge in [0.25, 0.3) is 0 Å². The van der Waals surface area contributed by atoms with Crippen LogP contribution in [0.25, 0.3) is 0 Å².